The number of nitrogens with one attached hydrogen (secondary N) is 1. The largest absolute Gasteiger partial charge is 0.467 e. The van der Waals surface area contributed by atoms with Crippen molar-refractivity contribution >= 4 is 23.5 Å². The number of carbonyl (C=O) groups is 2. The van der Waals surface area contributed by atoms with Crippen LogP contribution in [-0.2, 0) is 14.3 Å². The fraction of sp³-hybridized carbons (Fsp3) is 0.778. The van der Waals surface area contributed by atoms with Crippen LogP contribution in [0.4, 0.5) is 0 Å². The van der Waals surface area contributed by atoms with Gasteiger partial charge in [-0.15, -0.1) is 11.6 Å². The Labute approximate surface area is 88.9 Å². The van der Waals surface area contributed by atoms with Gasteiger partial charge in [0.05, 0.1) is 7.11 Å². The maximum absolute atomic E-state index is 11.3. The molecule has 0 fully saturated rings. The molecule has 0 radical (unpaired) electrons. The SMILES string of the molecule is CC[C@@H](C)[C@H](NC(=O)CCl)C(=O)OC. The van der Waals surface area contributed by atoms with Gasteiger partial charge in [-0.05, 0) is 5.92 Å². The van der Waals surface area contributed by atoms with E-state index in [9.17, 15) is 9.59 Å². The smallest absolute Gasteiger partial charge is 0.328 e. The van der Waals surface area contributed by atoms with Crippen molar-refractivity contribution in [2.75, 3.05) is 13.0 Å². The molecule has 2 atom stereocenters. The van der Waals surface area contributed by atoms with Crippen LogP contribution in [0.1, 0.15) is 20.3 Å². The monoisotopic (exact) mass is 221 g/mol. The van der Waals surface area contributed by atoms with Gasteiger partial charge in [-0.25, -0.2) is 4.79 Å². The van der Waals surface area contributed by atoms with Crippen LogP contribution in [0.3, 0.4) is 0 Å². The minimum absolute atomic E-state index is 0.0367. The molecule has 4 nitrogen and oxygen atoms in total. The van der Waals surface area contributed by atoms with Crippen LogP contribution < -0.4 is 5.32 Å². The predicted molar refractivity (Wildman–Crippen MR) is 54.1 cm³/mol. The third-order valence-electron chi connectivity index (χ3n) is 2.11. The second kappa shape index (κ2) is 6.65. The van der Waals surface area contributed by atoms with E-state index in [0.717, 1.165) is 6.42 Å². The van der Waals surface area contributed by atoms with Crippen molar-refractivity contribution in [3.8, 4) is 0 Å². The normalized spacial score (nSPS) is 14.3. The van der Waals surface area contributed by atoms with E-state index in [1.165, 1.54) is 7.11 Å². The summed E-state index contributed by atoms with van der Waals surface area (Å²) in [6.07, 6.45) is 0.780. The maximum atomic E-state index is 11.3. The summed E-state index contributed by atoms with van der Waals surface area (Å²) in [7, 11) is 1.30. The molecule has 0 saturated heterocycles. The highest BCUT2D eigenvalue weighted by Gasteiger charge is 2.25. The molecule has 0 spiro atoms. The van der Waals surface area contributed by atoms with E-state index in [0.29, 0.717) is 0 Å². The number of ether oxygens (including phenoxy) is 1. The molecule has 82 valence electrons. The molecule has 0 rings (SSSR count). The molecule has 0 aromatic carbocycles. The van der Waals surface area contributed by atoms with E-state index in [-0.39, 0.29) is 17.7 Å². The molecule has 0 unspecified atom stereocenters. The molecule has 5 heteroatoms. The van der Waals surface area contributed by atoms with Crippen molar-refractivity contribution in [1.29, 1.82) is 0 Å². The number of carbonyl (C=O) groups excluding carboxylic acids is 2. The first kappa shape index (κ1) is 13.2. The summed E-state index contributed by atoms with van der Waals surface area (Å²) in [4.78, 5) is 22.3. The Balaban J connectivity index is 4.39. The molecule has 0 aromatic rings. The zero-order valence-corrected chi connectivity index (χ0v) is 9.43. The van der Waals surface area contributed by atoms with Crippen molar-refractivity contribution in [3.63, 3.8) is 0 Å². The second-order valence-corrected chi connectivity index (χ2v) is 3.35. The van der Waals surface area contributed by atoms with Gasteiger partial charge >= 0.3 is 5.97 Å². The lowest BCUT2D eigenvalue weighted by Gasteiger charge is -2.21. The van der Waals surface area contributed by atoms with Gasteiger partial charge in [-0.3, -0.25) is 4.79 Å². The van der Waals surface area contributed by atoms with Gasteiger partial charge in [0.1, 0.15) is 11.9 Å². The van der Waals surface area contributed by atoms with Gasteiger partial charge in [-0.2, -0.15) is 0 Å². The lowest BCUT2D eigenvalue weighted by atomic mass is 9.99. The van der Waals surface area contributed by atoms with Crippen LogP contribution in [0.5, 0.6) is 0 Å². The highest BCUT2D eigenvalue weighted by atomic mass is 35.5. The Kier molecular flexibility index (Phi) is 6.28. The highest BCUT2D eigenvalue weighted by Crippen LogP contribution is 2.09. The zero-order chi connectivity index (χ0) is 11.1. The van der Waals surface area contributed by atoms with E-state index in [4.69, 9.17) is 11.6 Å². The summed E-state index contributed by atoms with van der Waals surface area (Å²) < 4.78 is 4.58. The van der Waals surface area contributed by atoms with E-state index in [2.05, 4.69) is 10.1 Å². The first-order chi connectivity index (χ1) is 6.56. The number of methoxy groups -OCH3 is 1. The fourth-order valence-corrected chi connectivity index (χ4v) is 1.09. The number of hydrogen-bond donors (Lipinski definition) is 1. The van der Waals surface area contributed by atoms with Crippen LogP contribution in [0.2, 0.25) is 0 Å². The van der Waals surface area contributed by atoms with Gasteiger partial charge < -0.3 is 10.1 Å². The second-order valence-electron chi connectivity index (χ2n) is 3.09. The molecule has 1 N–H and O–H groups in total. The first-order valence-corrected chi connectivity index (χ1v) is 5.03. The lowest BCUT2D eigenvalue weighted by Crippen LogP contribution is -2.46. The Hall–Kier alpha value is -0.770. The van der Waals surface area contributed by atoms with E-state index in [1.54, 1.807) is 0 Å². The van der Waals surface area contributed by atoms with Crippen molar-refractivity contribution in [2.45, 2.75) is 26.3 Å². The highest BCUT2D eigenvalue weighted by molar-refractivity contribution is 6.27. The van der Waals surface area contributed by atoms with Crippen LogP contribution >= 0.6 is 11.6 Å². The Morgan fingerprint density at radius 1 is 1.50 bits per heavy atom. The standard InChI is InChI=1S/C9H16ClNO3/c1-4-6(2)8(9(13)14-3)11-7(12)5-10/h6,8H,4-5H2,1-3H3,(H,11,12)/t6-,8+/m1/s1. The average molecular weight is 222 g/mol. The van der Waals surface area contributed by atoms with Crippen LogP contribution in [0, 0.1) is 5.92 Å². The first-order valence-electron chi connectivity index (χ1n) is 4.49. The molecule has 0 heterocycles. The fourth-order valence-electron chi connectivity index (χ4n) is 1.01. The van der Waals surface area contributed by atoms with Crippen molar-refractivity contribution in [3.05, 3.63) is 0 Å². The molecule has 0 saturated carbocycles. The Morgan fingerprint density at radius 2 is 2.07 bits per heavy atom. The van der Waals surface area contributed by atoms with Gasteiger partial charge in [0.2, 0.25) is 5.91 Å². The molecular formula is C9H16ClNO3. The summed E-state index contributed by atoms with van der Waals surface area (Å²) in [6.45, 7) is 3.81. The number of esters is 1. The number of hydrogen-bond acceptors (Lipinski definition) is 3. The molecular weight excluding hydrogens is 206 g/mol. The van der Waals surface area contributed by atoms with E-state index in [1.807, 2.05) is 13.8 Å². The number of rotatable bonds is 5. The van der Waals surface area contributed by atoms with Gasteiger partial charge in [-0.1, -0.05) is 20.3 Å². The van der Waals surface area contributed by atoms with Gasteiger partial charge in [0.15, 0.2) is 0 Å². The van der Waals surface area contributed by atoms with Gasteiger partial charge in [0, 0.05) is 0 Å². The average Bonchev–Trinajstić information content (AvgIpc) is 2.23. The molecule has 0 aliphatic carbocycles. The van der Waals surface area contributed by atoms with Crippen LogP contribution in [0.25, 0.3) is 0 Å². The molecule has 0 aliphatic heterocycles. The lowest BCUT2D eigenvalue weighted by molar-refractivity contribution is -0.146. The molecule has 0 aliphatic rings. The Morgan fingerprint density at radius 3 is 2.43 bits per heavy atom. The summed E-state index contributed by atoms with van der Waals surface area (Å²) in [5, 5.41) is 2.52. The third-order valence-corrected chi connectivity index (χ3v) is 2.35. The zero-order valence-electron chi connectivity index (χ0n) is 8.67. The molecule has 0 bridgehead atoms. The summed E-state index contributed by atoms with van der Waals surface area (Å²) in [6, 6.07) is -0.601. The predicted octanol–water partition coefficient (Wildman–Crippen LogP) is 0.929. The quantitative estimate of drug-likeness (QED) is 0.555. The van der Waals surface area contributed by atoms with E-state index < -0.39 is 12.0 Å². The van der Waals surface area contributed by atoms with Gasteiger partial charge in [0.25, 0.3) is 0 Å². The van der Waals surface area contributed by atoms with Crippen molar-refractivity contribution < 1.29 is 14.3 Å². The topological polar surface area (TPSA) is 55.4 Å². The molecule has 14 heavy (non-hydrogen) atoms. The number of halogens is 1. The summed E-state index contributed by atoms with van der Waals surface area (Å²) >= 11 is 5.33. The third kappa shape index (κ3) is 3.96. The van der Waals surface area contributed by atoms with Crippen LogP contribution in [-0.4, -0.2) is 30.9 Å². The van der Waals surface area contributed by atoms with Crippen molar-refractivity contribution in [1.82, 2.24) is 5.32 Å². The molecule has 0 aromatic heterocycles. The Bertz CT molecular complexity index is 208. The van der Waals surface area contributed by atoms with Crippen LogP contribution in [0.15, 0.2) is 0 Å². The minimum Gasteiger partial charge on any atom is -0.467 e. The summed E-state index contributed by atoms with van der Waals surface area (Å²) in [5.41, 5.74) is 0. The summed E-state index contributed by atoms with van der Waals surface area (Å²) in [5.74, 6) is -0.904. The van der Waals surface area contributed by atoms with E-state index >= 15 is 0 Å². The number of amides is 1. The van der Waals surface area contributed by atoms with Crippen molar-refractivity contribution in [2.24, 2.45) is 5.92 Å². The minimum atomic E-state index is -0.601. The molecule has 1 amide bonds. The maximum Gasteiger partial charge on any atom is 0.328 e. The number of alkyl halides is 1.